The Bertz CT molecular complexity index is 562. The fraction of sp³-hybridized carbons (Fsp3) is 0.632. The number of hydrogen-bond donors (Lipinski definition) is 0. The van der Waals surface area contributed by atoms with Crippen molar-refractivity contribution in [1.82, 2.24) is 4.90 Å². The Morgan fingerprint density at radius 1 is 1.12 bits per heavy atom. The summed E-state index contributed by atoms with van der Waals surface area (Å²) < 4.78 is 5.52. The highest BCUT2D eigenvalue weighted by molar-refractivity contribution is 7.99. The van der Waals surface area contributed by atoms with Crippen LogP contribution in [0.4, 0.5) is 10.5 Å². The predicted molar refractivity (Wildman–Crippen MR) is 101 cm³/mol. The van der Waals surface area contributed by atoms with Crippen LogP contribution in [0.1, 0.15) is 44.4 Å². The average Bonchev–Trinajstić information content (AvgIpc) is 3.08. The van der Waals surface area contributed by atoms with Gasteiger partial charge in [0.25, 0.3) is 0 Å². The lowest BCUT2D eigenvalue weighted by Gasteiger charge is -2.34. The molecule has 1 unspecified atom stereocenters. The van der Waals surface area contributed by atoms with Gasteiger partial charge in [-0.1, -0.05) is 12.1 Å². The standard InChI is InChI=1S/C19H28N2O2S/c1-19(2,3)23-18(22)21-12-13-24-17(14-21)15-6-8-16(9-7-15)20-10-4-5-11-20/h6-9,17H,4-5,10-14H2,1-3H3. The highest BCUT2D eigenvalue weighted by atomic mass is 32.2. The number of ether oxygens (including phenoxy) is 1. The molecule has 2 fully saturated rings. The predicted octanol–water partition coefficient (Wildman–Crippen LogP) is 4.31. The Balaban J connectivity index is 1.63. The van der Waals surface area contributed by atoms with Crippen molar-refractivity contribution in [3.63, 3.8) is 0 Å². The van der Waals surface area contributed by atoms with E-state index < -0.39 is 5.60 Å². The van der Waals surface area contributed by atoms with Gasteiger partial charge in [0.1, 0.15) is 5.60 Å². The molecule has 0 N–H and O–H groups in total. The van der Waals surface area contributed by atoms with Crippen molar-refractivity contribution < 1.29 is 9.53 Å². The van der Waals surface area contributed by atoms with Crippen molar-refractivity contribution in [2.75, 3.05) is 36.8 Å². The first-order valence-electron chi connectivity index (χ1n) is 8.87. The highest BCUT2D eigenvalue weighted by Gasteiger charge is 2.28. The van der Waals surface area contributed by atoms with E-state index in [1.54, 1.807) is 0 Å². The molecule has 0 aromatic heterocycles. The minimum absolute atomic E-state index is 0.193. The Hall–Kier alpha value is -1.36. The summed E-state index contributed by atoms with van der Waals surface area (Å²) in [5.74, 6) is 0.956. The van der Waals surface area contributed by atoms with Gasteiger partial charge >= 0.3 is 6.09 Å². The summed E-state index contributed by atoms with van der Waals surface area (Å²) in [7, 11) is 0. The van der Waals surface area contributed by atoms with E-state index in [1.165, 1.54) is 37.2 Å². The summed E-state index contributed by atoms with van der Waals surface area (Å²) in [4.78, 5) is 16.6. The van der Waals surface area contributed by atoms with Crippen LogP contribution in [0.25, 0.3) is 0 Å². The molecule has 24 heavy (non-hydrogen) atoms. The lowest BCUT2D eigenvalue weighted by atomic mass is 10.1. The summed E-state index contributed by atoms with van der Waals surface area (Å²) in [5, 5.41) is 0.332. The van der Waals surface area contributed by atoms with Gasteiger partial charge < -0.3 is 14.5 Å². The molecule has 2 saturated heterocycles. The van der Waals surface area contributed by atoms with Gasteiger partial charge in [-0.05, 0) is 51.3 Å². The highest BCUT2D eigenvalue weighted by Crippen LogP contribution is 2.34. The summed E-state index contributed by atoms with van der Waals surface area (Å²) in [6.45, 7) is 9.58. The first-order chi connectivity index (χ1) is 11.4. The van der Waals surface area contributed by atoms with Gasteiger partial charge in [0.05, 0.1) is 0 Å². The van der Waals surface area contributed by atoms with E-state index >= 15 is 0 Å². The van der Waals surface area contributed by atoms with Crippen LogP contribution in [0.5, 0.6) is 0 Å². The first kappa shape index (κ1) is 17.5. The zero-order valence-corrected chi connectivity index (χ0v) is 15.8. The lowest BCUT2D eigenvalue weighted by molar-refractivity contribution is 0.0257. The molecule has 132 valence electrons. The van der Waals surface area contributed by atoms with Crippen LogP contribution >= 0.6 is 11.8 Å². The molecule has 4 nitrogen and oxygen atoms in total. The number of amides is 1. The molecule has 2 aliphatic heterocycles. The van der Waals surface area contributed by atoms with Crippen molar-refractivity contribution in [1.29, 1.82) is 0 Å². The number of hydrogen-bond acceptors (Lipinski definition) is 4. The molecule has 0 radical (unpaired) electrons. The van der Waals surface area contributed by atoms with E-state index in [4.69, 9.17) is 4.74 Å². The molecule has 0 saturated carbocycles. The number of carbonyl (C=O) groups excluding carboxylic acids is 1. The molecule has 3 rings (SSSR count). The van der Waals surface area contributed by atoms with Crippen molar-refractivity contribution in [3.05, 3.63) is 29.8 Å². The molecule has 1 aromatic rings. The van der Waals surface area contributed by atoms with Gasteiger partial charge in [-0.25, -0.2) is 4.79 Å². The molecule has 1 aromatic carbocycles. The SMILES string of the molecule is CC(C)(C)OC(=O)N1CCSC(c2ccc(N3CCCC3)cc2)C1. The van der Waals surface area contributed by atoms with E-state index in [0.717, 1.165) is 18.8 Å². The van der Waals surface area contributed by atoms with Crippen molar-refractivity contribution >= 4 is 23.5 Å². The molecule has 5 heteroatoms. The Kier molecular flexibility index (Phi) is 5.28. The Labute approximate surface area is 149 Å². The van der Waals surface area contributed by atoms with Crippen molar-refractivity contribution in [2.45, 2.75) is 44.5 Å². The monoisotopic (exact) mass is 348 g/mol. The Morgan fingerprint density at radius 3 is 2.42 bits per heavy atom. The van der Waals surface area contributed by atoms with Crippen LogP contribution < -0.4 is 4.90 Å². The lowest BCUT2D eigenvalue weighted by Crippen LogP contribution is -2.42. The third kappa shape index (κ3) is 4.38. The van der Waals surface area contributed by atoms with E-state index in [0.29, 0.717) is 5.25 Å². The Morgan fingerprint density at radius 2 is 1.79 bits per heavy atom. The second-order valence-corrected chi connectivity index (χ2v) is 8.88. The van der Waals surface area contributed by atoms with Gasteiger partial charge in [-0.15, -0.1) is 0 Å². The molecule has 0 bridgehead atoms. The van der Waals surface area contributed by atoms with Gasteiger partial charge in [0, 0.05) is 42.9 Å². The van der Waals surface area contributed by atoms with Gasteiger partial charge in [0.2, 0.25) is 0 Å². The largest absolute Gasteiger partial charge is 0.444 e. The minimum atomic E-state index is -0.436. The number of anilines is 1. The molecule has 1 atom stereocenters. The summed E-state index contributed by atoms with van der Waals surface area (Å²) in [6, 6.07) is 8.91. The molecular formula is C19H28N2O2S. The van der Waals surface area contributed by atoms with Gasteiger partial charge in [-0.3, -0.25) is 0 Å². The van der Waals surface area contributed by atoms with E-state index in [1.807, 2.05) is 37.4 Å². The fourth-order valence-electron chi connectivity index (χ4n) is 3.22. The quantitative estimate of drug-likeness (QED) is 0.797. The minimum Gasteiger partial charge on any atom is -0.444 e. The third-order valence-corrected chi connectivity index (χ3v) is 5.70. The normalized spacial score (nSPS) is 21.9. The average molecular weight is 349 g/mol. The van der Waals surface area contributed by atoms with Crippen LogP contribution in [0.3, 0.4) is 0 Å². The fourth-order valence-corrected chi connectivity index (χ4v) is 4.46. The summed E-state index contributed by atoms with van der Waals surface area (Å²) in [5.41, 5.74) is 2.19. The molecule has 0 spiro atoms. The maximum absolute atomic E-state index is 12.3. The first-order valence-corrected chi connectivity index (χ1v) is 9.92. The number of rotatable bonds is 2. The maximum Gasteiger partial charge on any atom is 0.410 e. The smallest absolute Gasteiger partial charge is 0.410 e. The molecular weight excluding hydrogens is 320 g/mol. The summed E-state index contributed by atoms with van der Waals surface area (Å²) in [6.07, 6.45) is 2.40. The molecule has 2 aliphatic rings. The number of carbonyl (C=O) groups is 1. The molecule has 0 aliphatic carbocycles. The zero-order valence-electron chi connectivity index (χ0n) is 15.0. The van der Waals surface area contributed by atoms with Crippen LogP contribution in [0.15, 0.2) is 24.3 Å². The zero-order chi connectivity index (χ0) is 17.2. The number of nitrogens with zero attached hydrogens (tertiary/aromatic N) is 2. The van der Waals surface area contributed by atoms with Crippen LogP contribution in [0, 0.1) is 0 Å². The second kappa shape index (κ2) is 7.26. The maximum atomic E-state index is 12.3. The summed E-state index contributed by atoms with van der Waals surface area (Å²) >= 11 is 1.93. The second-order valence-electron chi connectivity index (χ2n) is 7.57. The van der Waals surface area contributed by atoms with E-state index in [-0.39, 0.29) is 6.09 Å². The van der Waals surface area contributed by atoms with Gasteiger partial charge in [-0.2, -0.15) is 11.8 Å². The molecule has 1 amide bonds. The third-order valence-electron chi connectivity index (χ3n) is 4.45. The van der Waals surface area contributed by atoms with E-state index in [2.05, 4.69) is 29.2 Å². The number of benzene rings is 1. The van der Waals surface area contributed by atoms with Crippen LogP contribution in [-0.2, 0) is 4.74 Å². The van der Waals surface area contributed by atoms with Crippen LogP contribution in [-0.4, -0.2) is 48.5 Å². The van der Waals surface area contributed by atoms with Gasteiger partial charge in [0.15, 0.2) is 0 Å². The van der Waals surface area contributed by atoms with Crippen molar-refractivity contribution in [3.8, 4) is 0 Å². The van der Waals surface area contributed by atoms with E-state index in [9.17, 15) is 4.79 Å². The van der Waals surface area contributed by atoms with Crippen molar-refractivity contribution in [2.24, 2.45) is 0 Å². The molecule has 2 heterocycles. The van der Waals surface area contributed by atoms with Crippen LogP contribution in [0.2, 0.25) is 0 Å². The topological polar surface area (TPSA) is 32.8 Å². The number of thioether (sulfide) groups is 1.